The van der Waals surface area contributed by atoms with E-state index in [1.165, 1.54) is 7.11 Å². The van der Waals surface area contributed by atoms with Crippen molar-refractivity contribution in [3.63, 3.8) is 0 Å². The topological polar surface area (TPSA) is 75.0 Å². The zero-order valence-electron chi connectivity index (χ0n) is 17.8. The average molecular weight is 420 g/mol. The van der Waals surface area contributed by atoms with Crippen LogP contribution in [-0.2, 0) is 11.2 Å². The molecule has 0 saturated heterocycles. The maximum atomic E-state index is 13.2. The van der Waals surface area contributed by atoms with Crippen molar-refractivity contribution in [2.24, 2.45) is 0 Å². The Morgan fingerprint density at radius 2 is 2.00 bits per heavy atom. The van der Waals surface area contributed by atoms with E-state index in [9.17, 15) is 9.59 Å². The number of carbonyl (C=O) groups excluding carboxylic acids is 1. The fourth-order valence-corrected chi connectivity index (χ4v) is 3.99. The molecule has 1 aliphatic rings. The molecule has 6 nitrogen and oxygen atoms in total. The van der Waals surface area contributed by atoms with E-state index in [-0.39, 0.29) is 5.43 Å². The lowest BCUT2D eigenvalue weighted by atomic mass is 9.90. The third-order valence-corrected chi connectivity index (χ3v) is 5.41. The van der Waals surface area contributed by atoms with Crippen molar-refractivity contribution in [3.8, 4) is 11.5 Å². The zero-order chi connectivity index (χ0) is 22.0. The molecule has 0 spiro atoms. The third kappa shape index (κ3) is 3.81. The Hall–Kier alpha value is -3.54. The van der Waals surface area contributed by atoms with Crippen molar-refractivity contribution in [2.75, 3.05) is 20.8 Å². The van der Waals surface area contributed by atoms with Crippen molar-refractivity contribution >= 4 is 28.6 Å². The highest BCUT2D eigenvalue weighted by Crippen LogP contribution is 2.37. The van der Waals surface area contributed by atoms with Crippen molar-refractivity contribution in [3.05, 3.63) is 69.1 Å². The van der Waals surface area contributed by atoms with Crippen LogP contribution in [0, 0.1) is 0 Å². The van der Waals surface area contributed by atoms with E-state index in [1.54, 1.807) is 25.3 Å². The van der Waals surface area contributed by atoms with Gasteiger partial charge in [-0.05, 0) is 62.1 Å². The monoisotopic (exact) mass is 420 g/mol. The number of methoxy groups -OCH3 is 2. The van der Waals surface area contributed by atoms with Gasteiger partial charge in [0.15, 0.2) is 16.9 Å². The van der Waals surface area contributed by atoms with Crippen LogP contribution in [0.1, 0.15) is 47.0 Å². The van der Waals surface area contributed by atoms with Gasteiger partial charge >= 0.3 is 5.97 Å². The summed E-state index contributed by atoms with van der Waals surface area (Å²) in [5.74, 6) is 1.43. The molecule has 2 aromatic carbocycles. The van der Waals surface area contributed by atoms with Gasteiger partial charge in [-0.1, -0.05) is 12.1 Å². The Balaban J connectivity index is 1.86. The van der Waals surface area contributed by atoms with E-state index in [4.69, 9.17) is 18.6 Å². The molecule has 0 fully saturated rings. The molecule has 0 radical (unpaired) electrons. The van der Waals surface area contributed by atoms with Crippen LogP contribution in [0.3, 0.4) is 0 Å². The van der Waals surface area contributed by atoms with Gasteiger partial charge < -0.3 is 18.6 Å². The summed E-state index contributed by atoms with van der Waals surface area (Å²) in [4.78, 5) is 25.1. The van der Waals surface area contributed by atoms with Gasteiger partial charge in [0.1, 0.15) is 11.3 Å². The number of hydrogen-bond donors (Lipinski definition) is 0. The van der Waals surface area contributed by atoms with E-state index in [1.807, 2.05) is 31.2 Å². The Morgan fingerprint density at radius 1 is 1.16 bits per heavy atom. The van der Waals surface area contributed by atoms with E-state index >= 15 is 0 Å². The molecule has 1 aromatic heterocycles. The normalized spacial score (nSPS) is 14.4. The van der Waals surface area contributed by atoms with Gasteiger partial charge in [-0.3, -0.25) is 4.79 Å². The molecule has 0 N–H and O–H groups in total. The highest BCUT2D eigenvalue weighted by Gasteiger charge is 2.23. The second-order valence-corrected chi connectivity index (χ2v) is 7.28. The first-order valence-electron chi connectivity index (χ1n) is 10.3. The molecule has 4 rings (SSSR count). The summed E-state index contributed by atoms with van der Waals surface area (Å²) in [6.45, 7) is 2.46. The Morgan fingerprint density at radius 3 is 2.74 bits per heavy atom. The van der Waals surface area contributed by atoms with Gasteiger partial charge in [-0.25, -0.2) is 4.79 Å². The molecule has 31 heavy (non-hydrogen) atoms. The first-order valence-corrected chi connectivity index (χ1v) is 10.3. The molecule has 1 heterocycles. The summed E-state index contributed by atoms with van der Waals surface area (Å²) in [6.07, 6.45) is 4.24. The Bertz CT molecular complexity index is 1230. The minimum Gasteiger partial charge on any atom is -0.492 e. The van der Waals surface area contributed by atoms with E-state index in [0.717, 1.165) is 24.0 Å². The second-order valence-electron chi connectivity index (χ2n) is 7.28. The molecule has 0 aliphatic heterocycles. The zero-order valence-corrected chi connectivity index (χ0v) is 17.8. The van der Waals surface area contributed by atoms with Crippen molar-refractivity contribution < 1.29 is 23.4 Å². The number of esters is 1. The first-order chi connectivity index (χ1) is 15.1. The van der Waals surface area contributed by atoms with Gasteiger partial charge in [-0.2, -0.15) is 0 Å². The number of ether oxygens (including phenoxy) is 3. The minimum atomic E-state index is -0.485. The van der Waals surface area contributed by atoms with Crippen molar-refractivity contribution in [1.82, 2.24) is 0 Å². The number of benzene rings is 2. The summed E-state index contributed by atoms with van der Waals surface area (Å²) in [5, 5.41) is 0.388. The molecule has 0 atom stereocenters. The van der Waals surface area contributed by atoms with Crippen LogP contribution in [0.2, 0.25) is 0 Å². The number of hydrogen-bond acceptors (Lipinski definition) is 6. The smallest absolute Gasteiger partial charge is 0.337 e. The van der Waals surface area contributed by atoms with Crippen LogP contribution in [0.15, 0.2) is 45.6 Å². The van der Waals surface area contributed by atoms with E-state index in [2.05, 4.69) is 0 Å². The van der Waals surface area contributed by atoms with Crippen molar-refractivity contribution in [1.29, 1.82) is 0 Å². The fourth-order valence-electron chi connectivity index (χ4n) is 3.99. The van der Waals surface area contributed by atoms with Gasteiger partial charge in [-0.15, -0.1) is 0 Å². The van der Waals surface area contributed by atoms with Gasteiger partial charge in [0, 0.05) is 11.1 Å². The van der Waals surface area contributed by atoms with E-state index in [0.29, 0.717) is 52.4 Å². The highest BCUT2D eigenvalue weighted by molar-refractivity contribution is 5.94. The summed E-state index contributed by atoms with van der Waals surface area (Å²) in [7, 11) is 2.93. The molecule has 0 amide bonds. The predicted octanol–water partition coefficient (Wildman–Crippen LogP) is 4.86. The molecular weight excluding hydrogens is 396 g/mol. The van der Waals surface area contributed by atoms with Crippen molar-refractivity contribution in [2.45, 2.75) is 26.2 Å². The predicted molar refractivity (Wildman–Crippen MR) is 119 cm³/mol. The average Bonchev–Trinajstić information content (AvgIpc) is 2.79. The molecule has 160 valence electrons. The number of allylic oxidation sites excluding steroid dienone is 1. The number of rotatable bonds is 5. The summed E-state index contributed by atoms with van der Waals surface area (Å²) >= 11 is 0. The highest BCUT2D eigenvalue weighted by atomic mass is 16.5. The number of para-hydroxylation sites is 1. The summed E-state index contributed by atoms with van der Waals surface area (Å²) in [6, 6.07) is 10.5. The summed E-state index contributed by atoms with van der Waals surface area (Å²) in [5.41, 5.74) is 3.09. The number of carbonyl (C=O) groups is 1. The fraction of sp³-hybridized carbons (Fsp3) is 0.280. The lowest BCUT2D eigenvalue weighted by Gasteiger charge is -2.19. The minimum absolute atomic E-state index is 0.109. The second kappa shape index (κ2) is 8.68. The van der Waals surface area contributed by atoms with E-state index < -0.39 is 5.97 Å². The Labute approximate surface area is 180 Å². The maximum Gasteiger partial charge on any atom is 0.337 e. The molecule has 0 unspecified atom stereocenters. The quantitative estimate of drug-likeness (QED) is 0.549. The largest absolute Gasteiger partial charge is 0.492 e. The van der Waals surface area contributed by atoms with Crippen LogP contribution in [0.4, 0.5) is 0 Å². The molecule has 3 aromatic rings. The number of fused-ring (bicyclic) bond motifs is 2. The molecule has 1 aliphatic carbocycles. The molecule has 6 heteroatoms. The van der Waals surface area contributed by atoms with Crippen LogP contribution in [0.5, 0.6) is 11.5 Å². The lowest BCUT2D eigenvalue weighted by molar-refractivity contribution is 0.0601. The van der Waals surface area contributed by atoms with Gasteiger partial charge in [0.2, 0.25) is 0 Å². The Kier molecular flexibility index (Phi) is 5.80. The standard InChI is InChI=1S/C25H24O6/c1-4-30-21-10-6-8-16(24(21)28-2)13-15-7-5-9-18-22(26)19-14-17(25(27)29-3)11-12-20(19)31-23(15)18/h6,8,10-14H,4-5,7,9H2,1-3H3. The first kappa shape index (κ1) is 20.7. The van der Waals surface area contributed by atoms with Gasteiger partial charge in [0.05, 0.1) is 31.8 Å². The SMILES string of the molecule is CCOc1cccc(C=C2CCCc3c2oc2ccc(C(=O)OC)cc2c3=O)c1OC. The third-order valence-electron chi connectivity index (χ3n) is 5.41. The lowest BCUT2D eigenvalue weighted by Crippen LogP contribution is -2.16. The molecule has 0 saturated carbocycles. The van der Waals surface area contributed by atoms with Crippen LogP contribution < -0.4 is 14.9 Å². The molecular formula is C25H24O6. The summed E-state index contributed by atoms with van der Waals surface area (Å²) < 4.78 is 22.2. The molecule has 0 bridgehead atoms. The maximum absolute atomic E-state index is 13.2. The van der Waals surface area contributed by atoms with Crippen LogP contribution in [-0.4, -0.2) is 26.8 Å². The van der Waals surface area contributed by atoms with Gasteiger partial charge in [0.25, 0.3) is 0 Å². The van der Waals surface area contributed by atoms with Crippen LogP contribution in [0.25, 0.3) is 22.6 Å². The van der Waals surface area contributed by atoms with Crippen LogP contribution >= 0.6 is 0 Å².